The van der Waals surface area contributed by atoms with Gasteiger partial charge in [0.2, 0.25) is 0 Å². The van der Waals surface area contributed by atoms with Crippen LogP contribution in [0.15, 0.2) is 49.3 Å². The van der Waals surface area contributed by atoms with Gasteiger partial charge in [0.15, 0.2) is 5.65 Å². The van der Waals surface area contributed by atoms with E-state index < -0.39 is 0 Å². The summed E-state index contributed by atoms with van der Waals surface area (Å²) in [5.74, 6) is 0.430. The molecule has 3 heterocycles. The molecular weight excluding hydrogens is 307 g/mol. The summed E-state index contributed by atoms with van der Waals surface area (Å²) in [4.78, 5) is 13.2. The minimum atomic E-state index is -0.278. The molecule has 0 unspecified atom stereocenters. The van der Waals surface area contributed by atoms with Gasteiger partial charge in [-0.15, -0.1) is 0 Å². The monoisotopic (exact) mass is 322 g/mol. The van der Waals surface area contributed by atoms with E-state index in [9.17, 15) is 4.39 Å². The van der Waals surface area contributed by atoms with E-state index in [1.54, 1.807) is 23.1 Å². The fraction of sp³-hybridized carbons (Fsp3) is 0.176. The molecule has 0 aliphatic carbocycles. The van der Waals surface area contributed by atoms with Crippen molar-refractivity contribution < 1.29 is 4.39 Å². The van der Waals surface area contributed by atoms with Crippen molar-refractivity contribution in [2.75, 3.05) is 0 Å². The molecule has 1 aromatic carbocycles. The van der Waals surface area contributed by atoms with E-state index in [4.69, 9.17) is 0 Å². The highest BCUT2D eigenvalue weighted by Crippen LogP contribution is 2.21. The second kappa shape index (κ2) is 5.84. The van der Waals surface area contributed by atoms with Crippen LogP contribution in [-0.2, 0) is 13.0 Å². The number of hydrogen-bond acceptors (Lipinski definition) is 4. The van der Waals surface area contributed by atoms with Crippen LogP contribution >= 0.6 is 0 Å². The van der Waals surface area contributed by atoms with Crippen molar-refractivity contribution in [2.24, 2.45) is 0 Å². The molecular formula is C17H15FN6. The van der Waals surface area contributed by atoms with Gasteiger partial charge in [0, 0.05) is 23.5 Å². The Morgan fingerprint density at radius 2 is 2.08 bits per heavy atom. The Morgan fingerprint density at radius 3 is 2.92 bits per heavy atom. The van der Waals surface area contributed by atoms with Gasteiger partial charge in [-0.1, -0.05) is 19.1 Å². The lowest BCUT2D eigenvalue weighted by molar-refractivity contribution is 0.628. The average molecular weight is 322 g/mol. The summed E-state index contributed by atoms with van der Waals surface area (Å²) in [5.41, 5.74) is 3.51. The quantitative estimate of drug-likeness (QED) is 0.579. The zero-order valence-corrected chi connectivity index (χ0v) is 13.1. The van der Waals surface area contributed by atoms with Crippen LogP contribution in [0, 0.1) is 5.82 Å². The summed E-state index contributed by atoms with van der Waals surface area (Å²) >= 11 is 0. The molecule has 4 aromatic rings. The van der Waals surface area contributed by atoms with Crippen LogP contribution in [0.4, 0.5) is 4.39 Å². The van der Waals surface area contributed by atoms with Crippen LogP contribution in [0.1, 0.15) is 18.2 Å². The predicted octanol–water partition coefficient (Wildman–Crippen LogP) is 2.74. The molecule has 0 bridgehead atoms. The van der Waals surface area contributed by atoms with Crippen molar-refractivity contribution in [1.82, 2.24) is 29.1 Å². The molecule has 0 saturated heterocycles. The molecule has 24 heavy (non-hydrogen) atoms. The largest absolute Gasteiger partial charge is 0.325 e. The Balaban J connectivity index is 1.76. The number of aromatic nitrogens is 6. The van der Waals surface area contributed by atoms with E-state index in [-0.39, 0.29) is 5.82 Å². The summed E-state index contributed by atoms with van der Waals surface area (Å²) in [6, 6.07) is 6.43. The van der Waals surface area contributed by atoms with Gasteiger partial charge in [-0.2, -0.15) is 5.10 Å². The van der Waals surface area contributed by atoms with Gasteiger partial charge in [0.05, 0.1) is 12.2 Å². The minimum Gasteiger partial charge on any atom is -0.325 e. The third-order valence-electron chi connectivity index (χ3n) is 3.99. The van der Waals surface area contributed by atoms with E-state index in [2.05, 4.69) is 27.0 Å². The van der Waals surface area contributed by atoms with E-state index in [0.29, 0.717) is 12.4 Å². The molecule has 120 valence electrons. The van der Waals surface area contributed by atoms with Gasteiger partial charge in [0.25, 0.3) is 0 Å². The van der Waals surface area contributed by atoms with E-state index in [1.807, 2.05) is 16.8 Å². The van der Waals surface area contributed by atoms with Crippen LogP contribution in [0.25, 0.3) is 17.0 Å². The molecule has 0 radical (unpaired) electrons. The first kappa shape index (κ1) is 14.5. The molecule has 6 nitrogen and oxygen atoms in total. The standard InChI is InChI=1S/C17H15FN6/c1-2-14-15(21-11-24-17(14)20-10-22-24)9-23-7-6-19-16(23)12-4-3-5-13(18)8-12/h3-8,10-11H,2,9H2,1H3. The van der Waals surface area contributed by atoms with Gasteiger partial charge in [0.1, 0.15) is 24.3 Å². The molecule has 0 spiro atoms. The molecule has 0 aliphatic heterocycles. The smallest absolute Gasteiger partial charge is 0.162 e. The van der Waals surface area contributed by atoms with Crippen molar-refractivity contribution in [3.05, 3.63) is 66.4 Å². The van der Waals surface area contributed by atoms with Crippen molar-refractivity contribution in [3.63, 3.8) is 0 Å². The van der Waals surface area contributed by atoms with Crippen LogP contribution in [0.3, 0.4) is 0 Å². The zero-order valence-electron chi connectivity index (χ0n) is 13.1. The number of nitrogens with zero attached hydrogens (tertiary/aromatic N) is 6. The normalized spacial score (nSPS) is 11.2. The molecule has 0 N–H and O–H groups in total. The highest BCUT2D eigenvalue weighted by atomic mass is 19.1. The third kappa shape index (κ3) is 2.44. The summed E-state index contributed by atoms with van der Waals surface area (Å²) in [5, 5.41) is 4.12. The second-order valence-electron chi connectivity index (χ2n) is 5.44. The summed E-state index contributed by atoms with van der Waals surface area (Å²) in [6.45, 7) is 2.61. The van der Waals surface area contributed by atoms with Crippen molar-refractivity contribution in [1.29, 1.82) is 0 Å². The number of rotatable bonds is 4. The number of hydrogen-bond donors (Lipinski definition) is 0. The molecule has 0 atom stereocenters. The Morgan fingerprint density at radius 1 is 1.17 bits per heavy atom. The maximum absolute atomic E-state index is 13.5. The predicted molar refractivity (Wildman–Crippen MR) is 86.9 cm³/mol. The minimum absolute atomic E-state index is 0.278. The number of aryl methyl sites for hydroxylation is 1. The van der Waals surface area contributed by atoms with Crippen molar-refractivity contribution in [2.45, 2.75) is 19.9 Å². The first-order valence-corrected chi connectivity index (χ1v) is 7.69. The summed E-state index contributed by atoms with van der Waals surface area (Å²) in [6.07, 6.45) is 7.57. The fourth-order valence-corrected chi connectivity index (χ4v) is 2.87. The molecule has 0 fully saturated rings. The van der Waals surface area contributed by atoms with Gasteiger partial charge < -0.3 is 4.57 Å². The highest BCUT2D eigenvalue weighted by Gasteiger charge is 2.13. The fourth-order valence-electron chi connectivity index (χ4n) is 2.87. The maximum Gasteiger partial charge on any atom is 0.162 e. The topological polar surface area (TPSA) is 60.9 Å². The molecule has 0 aliphatic rings. The van der Waals surface area contributed by atoms with Crippen LogP contribution in [-0.4, -0.2) is 29.1 Å². The van der Waals surface area contributed by atoms with Crippen LogP contribution in [0.2, 0.25) is 0 Å². The van der Waals surface area contributed by atoms with E-state index in [1.165, 1.54) is 18.5 Å². The molecule has 7 heteroatoms. The SMILES string of the molecule is CCc1c(Cn2ccnc2-c2cccc(F)c2)ncn2ncnc12. The van der Waals surface area contributed by atoms with Gasteiger partial charge >= 0.3 is 0 Å². The number of halogens is 1. The van der Waals surface area contributed by atoms with Gasteiger partial charge in [-0.05, 0) is 18.6 Å². The summed E-state index contributed by atoms with van der Waals surface area (Å²) in [7, 11) is 0. The lowest BCUT2D eigenvalue weighted by Gasteiger charge is -2.11. The highest BCUT2D eigenvalue weighted by molar-refractivity contribution is 5.56. The Labute approximate surface area is 137 Å². The number of fused-ring (bicyclic) bond motifs is 1. The molecule has 3 aromatic heterocycles. The van der Waals surface area contributed by atoms with Gasteiger partial charge in [-0.25, -0.2) is 23.9 Å². The lowest BCUT2D eigenvalue weighted by atomic mass is 10.1. The lowest BCUT2D eigenvalue weighted by Crippen LogP contribution is -2.08. The zero-order chi connectivity index (χ0) is 16.5. The van der Waals surface area contributed by atoms with Crippen molar-refractivity contribution in [3.8, 4) is 11.4 Å². The Bertz CT molecular complexity index is 1000. The Hall–Kier alpha value is -3.09. The van der Waals surface area contributed by atoms with Crippen molar-refractivity contribution >= 4 is 5.65 Å². The van der Waals surface area contributed by atoms with Gasteiger partial charge in [-0.3, -0.25) is 0 Å². The third-order valence-corrected chi connectivity index (χ3v) is 3.99. The van der Waals surface area contributed by atoms with E-state index >= 15 is 0 Å². The Kier molecular flexibility index (Phi) is 3.53. The molecule has 0 saturated carbocycles. The maximum atomic E-state index is 13.5. The van der Waals surface area contributed by atoms with Crippen LogP contribution in [0.5, 0.6) is 0 Å². The average Bonchev–Trinajstić information content (AvgIpc) is 3.23. The first-order chi connectivity index (χ1) is 11.8. The van der Waals surface area contributed by atoms with Crippen LogP contribution < -0.4 is 0 Å². The number of imidazole rings is 1. The second-order valence-corrected chi connectivity index (χ2v) is 5.44. The summed E-state index contributed by atoms with van der Waals surface area (Å²) < 4.78 is 17.1. The van der Waals surface area contributed by atoms with E-state index in [0.717, 1.165) is 28.9 Å². The first-order valence-electron chi connectivity index (χ1n) is 7.69. The molecule has 4 rings (SSSR count). The molecule has 0 amide bonds. The number of benzene rings is 1.